The Morgan fingerprint density at radius 3 is 2.52 bits per heavy atom. The maximum Gasteiger partial charge on any atom is 0.175 e. The van der Waals surface area contributed by atoms with Crippen LogP contribution in [0.1, 0.15) is 5.56 Å². The topological polar surface area (TPSA) is 33.3 Å². The summed E-state index contributed by atoms with van der Waals surface area (Å²) in [6.07, 6.45) is 0. The Hall–Kier alpha value is -1.66. The molecule has 0 unspecified atom stereocenters. The van der Waals surface area contributed by atoms with E-state index in [1.54, 1.807) is 19.2 Å². The molecule has 2 aromatic rings. The van der Waals surface area contributed by atoms with Gasteiger partial charge in [-0.05, 0) is 55.0 Å². The molecule has 0 aromatic heterocycles. The smallest absolute Gasteiger partial charge is 0.175 e. The highest BCUT2D eigenvalue weighted by molar-refractivity contribution is 9.10. The number of rotatable bonds is 3. The zero-order valence-electron chi connectivity index (χ0n) is 11.5. The van der Waals surface area contributed by atoms with Crippen molar-refractivity contribution >= 4 is 44.6 Å². The van der Waals surface area contributed by atoms with Gasteiger partial charge in [0.25, 0.3) is 0 Å². The molecule has 0 aliphatic carbocycles. The van der Waals surface area contributed by atoms with Gasteiger partial charge < -0.3 is 15.4 Å². The summed E-state index contributed by atoms with van der Waals surface area (Å²) in [5, 5.41) is 6.13. The first-order chi connectivity index (χ1) is 9.99. The lowest BCUT2D eigenvalue weighted by Gasteiger charge is -2.14. The summed E-state index contributed by atoms with van der Waals surface area (Å²) in [6, 6.07) is 10.4. The molecule has 0 fully saturated rings. The minimum Gasteiger partial charge on any atom is -0.495 e. The maximum atomic E-state index is 13.8. The maximum absolute atomic E-state index is 13.8. The third kappa shape index (κ3) is 4.15. The summed E-state index contributed by atoms with van der Waals surface area (Å²) in [4.78, 5) is 0. The Morgan fingerprint density at radius 2 is 1.86 bits per heavy atom. The van der Waals surface area contributed by atoms with Gasteiger partial charge in [-0.2, -0.15) is 0 Å². The lowest BCUT2D eigenvalue weighted by Crippen LogP contribution is -2.20. The highest BCUT2D eigenvalue weighted by Gasteiger charge is 2.08. The van der Waals surface area contributed by atoms with Crippen molar-refractivity contribution < 1.29 is 9.13 Å². The fourth-order valence-corrected chi connectivity index (χ4v) is 2.34. The summed E-state index contributed by atoms with van der Waals surface area (Å²) in [7, 11) is 1.58. The summed E-state index contributed by atoms with van der Waals surface area (Å²) in [5.41, 5.74) is 2.10. The zero-order chi connectivity index (χ0) is 15.4. The molecule has 0 spiro atoms. The van der Waals surface area contributed by atoms with Gasteiger partial charge >= 0.3 is 0 Å². The lowest BCUT2D eigenvalue weighted by atomic mass is 10.2. The Kier molecular flexibility index (Phi) is 5.14. The molecule has 110 valence electrons. The van der Waals surface area contributed by atoms with Crippen molar-refractivity contribution in [3.8, 4) is 5.75 Å². The SMILES string of the molecule is COc1ccc(C)cc1NC(=S)Nc1ccc(Br)cc1F. The van der Waals surface area contributed by atoms with E-state index in [-0.39, 0.29) is 5.82 Å². The average Bonchev–Trinajstić information content (AvgIpc) is 2.42. The Labute approximate surface area is 136 Å². The number of anilines is 2. The highest BCUT2D eigenvalue weighted by atomic mass is 79.9. The molecule has 6 heteroatoms. The molecule has 2 rings (SSSR count). The molecule has 0 saturated carbocycles. The molecule has 3 nitrogen and oxygen atoms in total. The Morgan fingerprint density at radius 1 is 1.14 bits per heavy atom. The van der Waals surface area contributed by atoms with E-state index in [1.807, 2.05) is 25.1 Å². The van der Waals surface area contributed by atoms with Crippen molar-refractivity contribution in [2.24, 2.45) is 0 Å². The highest BCUT2D eigenvalue weighted by Crippen LogP contribution is 2.26. The van der Waals surface area contributed by atoms with Crippen molar-refractivity contribution in [2.45, 2.75) is 6.92 Å². The predicted molar refractivity (Wildman–Crippen MR) is 91.7 cm³/mol. The Balaban J connectivity index is 2.13. The normalized spacial score (nSPS) is 10.1. The zero-order valence-corrected chi connectivity index (χ0v) is 13.9. The number of aryl methyl sites for hydroxylation is 1. The Bertz CT molecular complexity index is 679. The molecule has 0 atom stereocenters. The molecule has 2 aromatic carbocycles. The van der Waals surface area contributed by atoms with E-state index in [0.717, 1.165) is 11.3 Å². The summed E-state index contributed by atoms with van der Waals surface area (Å²) < 4.78 is 19.7. The minimum atomic E-state index is -0.385. The van der Waals surface area contributed by atoms with Gasteiger partial charge in [-0.1, -0.05) is 22.0 Å². The number of methoxy groups -OCH3 is 1. The van der Waals surface area contributed by atoms with E-state index in [2.05, 4.69) is 26.6 Å². The first-order valence-electron chi connectivity index (χ1n) is 6.17. The van der Waals surface area contributed by atoms with Crippen LogP contribution < -0.4 is 15.4 Å². The van der Waals surface area contributed by atoms with Gasteiger partial charge in [0.05, 0.1) is 18.5 Å². The van der Waals surface area contributed by atoms with E-state index < -0.39 is 0 Å². The predicted octanol–water partition coefficient (Wildman–Crippen LogP) is 4.71. The molecular weight excluding hydrogens is 355 g/mol. The van der Waals surface area contributed by atoms with Gasteiger partial charge in [0.15, 0.2) is 5.11 Å². The van der Waals surface area contributed by atoms with Crippen LogP contribution in [0.15, 0.2) is 40.9 Å². The molecule has 0 bridgehead atoms. The van der Waals surface area contributed by atoms with E-state index in [4.69, 9.17) is 17.0 Å². The number of thiocarbonyl (C=S) groups is 1. The molecule has 0 radical (unpaired) electrons. The number of hydrogen-bond donors (Lipinski definition) is 2. The number of benzene rings is 2. The summed E-state index contributed by atoms with van der Waals surface area (Å²) in [6.45, 7) is 1.97. The average molecular weight is 369 g/mol. The van der Waals surface area contributed by atoms with Crippen molar-refractivity contribution in [1.29, 1.82) is 0 Å². The molecule has 0 aliphatic heterocycles. The van der Waals surface area contributed by atoms with E-state index in [1.165, 1.54) is 6.07 Å². The van der Waals surface area contributed by atoms with Gasteiger partial charge in [-0.3, -0.25) is 0 Å². The quantitative estimate of drug-likeness (QED) is 0.768. The van der Waals surface area contributed by atoms with Crippen LogP contribution in [0.3, 0.4) is 0 Å². The second kappa shape index (κ2) is 6.87. The van der Waals surface area contributed by atoms with Crippen molar-refractivity contribution in [2.75, 3.05) is 17.7 Å². The van der Waals surface area contributed by atoms with Gasteiger partial charge in [0.2, 0.25) is 0 Å². The van der Waals surface area contributed by atoms with Crippen LogP contribution in [0.5, 0.6) is 5.75 Å². The third-order valence-electron chi connectivity index (χ3n) is 2.78. The molecule has 0 amide bonds. The number of hydrogen-bond acceptors (Lipinski definition) is 2. The third-order valence-corrected chi connectivity index (χ3v) is 3.48. The van der Waals surface area contributed by atoms with Crippen LogP contribution in [0.25, 0.3) is 0 Å². The van der Waals surface area contributed by atoms with Gasteiger partial charge in [-0.15, -0.1) is 0 Å². The van der Waals surface area contributed by atoms with Crippen molar-refractivity contribution in [3.05, 3.63) is 52.3 Å². The molecule has 21 heavy (non-hydrogen) atoms. The van der Waals surface area contributed by atoms with Crippen LogP contribution in [0, 0.1) is 12.7 Å². The second-order valence-corrected chi connectivity index (χ2v) is 5.73. The van der Waals surface area contributed by atoms with E-state index in [0.29, 0.717) is 21.0 Å². The summed E-state index contributed by atoms with van der Waals surface area (Å²) in [5.74, 6) is 0.283. The van der Waals surface area contributed by atoms with Gasteiger partial charge in [-0.25, -0.2) is 4.39 Å². The van der Waals surface area contributed by atoms with Crippen LogP contribution in [-0.2, 0) is 0 Å². The lowest BCUT2D eigenvalue weighted by molar-refractivity contribution is 0.417. The first kappa shape index (κ1) is 15.7. The first-order valence-corrected chi connectivity index (χ1v) is 7.37. The molecule has 2 N–H and O–H groups in total. The van der Waals surface area contributed by atoms with E-state index in [9.17, 15) is 4.39 Å². The van der Waals surface area contributed by atoms with Gasteiger partial charge in [0.1, 0.15) is 11.6 Å². The second-order valence-electron chi connectivity index (χ2n) is 4.41. The van der Waals surface area contributed by atoms with Crippen LogP contribution >= 0.6 is 28.1 Å². The van der Waals surface area contributed by atoms with Crippen molar-refractivity contribution in [3.63, 3.8) is 0 Å². The van der Waals surface area contributed by atoms with Crippen LogP contribution in [-0.4, -0.2) is 12.2 Å². The molecule has 0 aliphatic rings. The molecular formula is C15H14BrFN2OS. The molecule has 0 saturated heterocycles. The monoisotopic (exact) mass is 368 g/mol. The van der Waals surface area contributed by atoms with Crippen LogP contribution in [0.4, 0.5) is 15.8 Å². The van der Waals surface area contributed by atoms with Gasteiger partial charge in [0, 0.05) is 4.47 Å². The van der Waals surface area contributed by atoms with Crippen LogP contribution in [0.2, 0.25) is 0 Å². The number of halogens is 2. The minimum absolute atomic E-state index is 0.292. The fourth-order valence-electron chi connectivity index (χ4n) is 1.79. The van der Waals surface area contributed by atoms with Crippen molar-refractivity contribution in [1.82, 2.24) is 0 Å². The standard InChI is InChI=1S/C15H14BrFN2OS/c1-9-3-6-14(20-2)13(7-9)19-15(21)18-12-5-4-10(16)8-11(12)17/h3-8H,1-2H3,(H2,18,19,21). The number of ether oxygens (including phenoxy) is 1. The number of nitrogens with one attached hydrogen (secondary N) is 2. The summed E-state index contributed by atoms with van der Waals surface area (Å²) >= 11 is 8.42. The van der Waals surface area contributed by atoms with E-state index >= 15 is 0 Å². The fraction of sp³-hybridized carbons (Fsp3) is 0.133. The molecule has 0 heterocycles. The largest absolute Gasteiger partial charge is 0.495 e.